The van der Waals surface area contributed by atoms with E-state index in [0.29, 0.717) is 5.92 Å². The SMILES string of the molecule is CC(C)[C@](C)(C#N)NC(=O)[C@@H](C)NCC1CCN(C[C@H](C)O)CC1. The zero-order valence-electron chi connectivity index (χ0n) is 15.8. The summed E-state index contributed by atoms with van der Waals surface area (Å²) in [6.07, 6.45) is 1.88. The lowest BCUT2D eigenvalue weighted by molar-refractivity contribution is -0.124. The number of carbonyl (C=O) groups excluding carboxylic acids is 1. The number of aliphatic hydroxyl groups excluding tert-OH is 1. The Morgan fingerprint density at radius 3 is 2.38 bits per heavy atom. The minimum Gasteiger partial charge on any atom is -0.392 e. The molecule has 0 unspecified atom stereocenters. The van der Waals surface area contributed by atoms with Gasteiger partial charge in [-0.2, -0.15) is 5.26 Å². The molecule has 6 nitrogen and oxygen atoms in total. The molecule has 0 bridgehead atoms. The molecule has 138 valence electrons. The molecule has 3 N–H and O–H groups in total. The van der Waals surface area contributed by atoms with Crippen molar-refractivity contribution in [3.63, 3.8) is 0 Å². The van der Waals surface area contributed by atoms with E-state index in [9.17, 15) is 15.2 Å². The van der Waals surface area contributed by atoms with Crippen molar-refractivity contribution in [1.82, 2.24) is 15.5 Å². The fourth-order valence-corrected chi connectivity index (χ4v) is 2.85. The van der Waals surface area contributed by atoms with Gasteiger partial charge in [0.15, 0.2) is 0 Å². The predicted molar refractivity (Wildman–Crippen MR) is 95.3 cm³/mol. The number of aliphatic hydroxyl groups is 1. The van der Waals surface area contributed by atoms with Crippen molar-refractivity contribution in [3.05, 3.63) is 0 Å². The average Bonchev–Trinajstić information content (AvgIpc) is 2.52. The first kappa shape index (κ1) is 20.9. The van der Waals surface area contributed by atoms with Gasteiger partial charge in [-0.1, -0.05) is 13.8 Å². The Balaban J connectivity index is 2.35. The van der Waals surface area contributed by atoms with Crippen LogP contribution in [0.5, 0.6) is 0 Å². The lowest BCUT2D eigenvalue weighted by atomic mass is 9.89. The standard InChI is InChI=1S/C18H34N4O2/c1-13(2)18(5,12-19)21-17(24)15(4)20-10-16-6-8-22(9-7-16)11-14(3)23/h13-16,20,23H,6-11H2,1-5H3,(H,21,24)/t14-,15+,18-/m0/s1. The molecule has 1 rings (SSSR count). The van der Waals surface area contributed by atoms with Crippen LogP contribution in [0.2, 0.25) is 0 Å². The molecule has 0 aliphatic carbocycles. The maximum atomic E-state index is 12.3. The fraction of sp³-hybridized carbons (Fsp3) is 0.889. The molecule has 1 aliphatic heterocycles. The van der Waals surface area contributed by atoms with Crippen molar-refractivity contribution in [2.75, 3.05) is 26.2 Å². The number of carbonyl (C=O) groups is 1. The Kier molecular flexibility index (Phi) is 8.14. The van der Waals surface area contributed by atoms with Gasteiger partial charge in [0.25, 0.3) is 0 Å². The van der Waals surface area contributed by atoms with Crippen molar-refractivity contribution >= 4 is 5.91 Å². The summed E-state index contributed by atoms with van der Waals surface area (Å²) in [7, 11) is 0. The third-order valence-corrected chi connectivity index (χ3v) is 5.11. The maximum Gasteiger partial charge on any atom is 0.238 e. The Morgan fingerprint density at radius 2 is 1.92 bits per heavy atom. The van der Waals surface area contributed by atoms with Gasteiger partial charge in [0, 0.05) is 6.54 Å². The highest BCUT2D eigenvalue weighted by atomic mass is 16.3. The van der Waals surface area contributed by atoms with Gasteiger partial charge in [-0.05, 0) is 65.1 Å². The van der Waals surface area contributed by atoms with Gasteiger partial charge in [-0.3, -0.25) is 4.79 Å². The highest BCUT2D eigenvalue weighted by molar-refractivity contribution is 5.82. The van der Waals surface area contributed by atoms with E-state index in [1.54, 1.807) is 6.92 Å². The van der Waals surface area contributed by atoms with Crippen molar-refractivity contribution in [2.45, 2.75) is 65.1 Å². The molecular formula is C18H34N4O2. The molecule has 1 fully saturated rings. The Hall–Kier alpha value is -1.16. The molecule has 1 amide bonds. The number of piperidine rings is 1. The van der Waals surface area contributed by atoms with E-state index in [1.807, 2.05) is 27.7 Å². The molecule has 1 saturated heterocycles. The summed E-state index contributed by atoms with van der Waals surface area (Å²) in [4.78, 5) is 14.6. The van der Waals surface area contributed by atoms with Crippen LogP contribution in [0.25, 0.3) is 0 Å². The second-order valence-corrected chi connectivity index (χ2v) is 7.68. The monoisotopic (exact) mass is 338 g/mol. The molecule has 1 heterocycles. The van der Waals surface area contributed by atoms with Crippen LogP contribution in [0.4, 0.5) is 0 Å². The first-order valence-corrected chi connectivity index (χ1v) is 9.05. The zero-order valence-corrected chi connectivity index (χ0v) is 15.8. The van der Waals surface area contributed by atoms with E-state index in [2.05, 4.69) is 21.6 Å². The Bertz CT molecular complexity index is 439. The van der Waals surface area contributed by atoms with Gasteiger partial charge in [-0.15, -0.1) is 0 Å². The average molecular weight is 338 g/mol. The molecule has 0 saturated carbocycles. The number of nitrogens with zero attached hydrogens (tertiary/aromatic N) is 2. The second kappa shape index (κ2) is 9.36. The van der Waals surface area contributed by atoms with Gasteiger partial charge in [0.05, 0.1) is 18.2 Å². The normalized spacial score (nSPS) is 21.8. The van der Waals surface area contributed by atoms with Crippen LogP contribution in [-0.4, -0.2) is 59.8 Å². The number of hydrogen-bond donors (Lipinski definition) is 3. The molecule has 0 spiro atoms. The van der Waals surface area contributed by atoms with Gasteiger partial charge in [0.1, 0.15) is 5.54 Å². The molecule has 3 atom stereocenters. The number of amides is 1. The van der Waals surface area contributed by atoms with E-state index in [1.165, 1.54) is 0 Å². The summed E-state index contributed by atoms with van der Waals surface area (Å²) in [5.74, 6) is 0.481. The Morgan fingerprint density at radius 1 is 1.33 bits per heavy atom. The van der Waals surface area contributed by atoms with Crippen molar-refractivity contribution < 1.29 is 9.90 Å². The lowest BCUT2D eigenvalue weighted by Crippen LogP contribution is -2.54. The van der Waals surface area contributed by atoms with Crippen molar-refractivity contribution in [1.29, 1.82) is 5.26 Å². The van der Waals surface area contributed by atoms with E-state index in [0.717, 1.165) is 39.0 Å². The van der Waals surface area contributed by atoms with Crippen LogP contribution < -0.4 is 10.6 Å². The first-order chi connectivity index (χ1) is 11.2. The summed E-state index contributed by atoms with van der Waals surface area (Å²) < 4.78 is 0. The van der Waals surface area contributed by atoms with Crippen molar-refractivity contribution in [3.8, 4) is 6.07 Å². The van der Waals surface area contributed by atoms with E-state index in [4.69, 9.17) is 0 Å². The van der Waals surface area contributed by atoms with Crippen molar-refractivity contribution in [2.24, 2.45) is 11.8 Å². The fourth-order valence-electron chi connectivity index (χ4n) is 2.85. The molecule has 24 heavy (non-hydrogen) atoms. The van der Waals surface area contributed by atoms with Crippen LogP contribution in [0.1, 0.15) is 47.5 Å². The van der Waals surface area contributed by atoms with Crippen LogP contribution in [0.15, 0.2) is 0 Å². The third kappa shape index (κ3) is 6.39. The molecule has 1 aliphatic rings. The third-order valence-electron chi connectivity index (χ3n) is 5.11. The largest absolute Gasteiger partial charge is 0.392 e. The number of rotatable bonds is 8. The smallest absolute Gasteiger partial charge is 0.238 e. The Labute approximate surface area is 146 Å². The van der Waals surface area contributed by atoms with E-state index < -0.39 is 5.54 Å². The van der Waals surface area contributed by atoms with E-state index in [-0.39, 0.29) is 24.0 Å². The highest BCUT2D eigenvalue weighted by Gasteiger charge is 2.31. The molecule has 0 radical (unpaired) electrons. The zero-order chi connectivity index (χ0) is 18.3. The minimum absolute atomic E-state index is 0.0527. The topological polar surface area (TPSA) is 88.4 Å². The molecule has 0 aromatic carbocycles. The molecule has 0 aromatic heterocycles. The summed E-state index contributed by atoms with van der Waals surface area (Å²) in [6, 6.07) is 1.89. The maximum absolute atomic E-state index is 12.3. The number of nitrogens with one attached hydrogen (secondary N) is 2. The van der Waals surface area contributed by atoms with Gasteiger partial charge in [-0.25, -0.2) is 0 Å². The summed E-state index contributed by atoms with van der Waals surface area (Å²) in [5.41, 5.74) is -0.834. The van der Waals surface area contributed by atoms with E-state index >= 15 is 0 Å². The molecule has 6 heteroatoms. The number of β-amino-alcohol motifs (C(OH)–C–C–N with tert-alkyl or cyclic N) is 1. The second-order valence-electron chi connectivity index (χ2n) is 7.68. The van der Waals surface area contributed by atoms with Crippen LogP contribution in [-0.2, 0) is 4.79 Å². The summed E-state index contributed by atoms with van der Waals surface area (Å²) in [5, 5.41) is 24.9. The van der Waals surface area contributed by atoms with Crippen LogP contribution in [0.3, 0.4) is 0 Å². The van der Waals surface area contributed by atoms with Crippen LogP contribution >= 0.6 is 0 Å². The van der Waals surface area contributed by atoms with Gasteiger partial charge < -0.3 is 20.6 Å². The number of nitriles is 1. The minimum atomic E-state index is -0.834. The summed E-state index contributed by atoms with van der Waals surface area (Å²) >= 11 is 0. The molecule has 0 aromatic rings. The number of hydrogen-bond acceptors (Lipinski definition) is 5. The first-order valence-electron chi connectivity index (χ1n) is 9.05. The summed E-state index contributed by atoms with van der Waals surface area (Å²) in [6.45, 7) is 12.8. The lowest BCUT2D eigenvalue weighted by Gasteiger charge is -2.33. The quantitative estimate of drug-likeness (QED) is 0.617. The molecular weight excluding hydrogens is 304 g/mol. The van der Waals surface area contributed by atoms with Crippen LogP contribution in [0, 0.1) is 23.2 Å². The number of likely N-dealkylation sites (tertiary alicyclic amines) is 1. The predicted octanol–water partition coefficient (Wildman–Crippen LogP) is 1.11. The van der Waals surface area contributed by atoms with Gasteiger partial charge in [0.2, 0.25) is 5.91 Å². The highest BCUT2D eigenvalue weighted by Crippen LogP contribution is 2.17. The van der Waals surface area contributed by atoms with Gasteiger partial charge >= 0.3 is 0 Å².